The second kappa shape index (κ2) is 8.91. The third-order valence-corrected chi connectivity index (χ3v) is 4.87. The second-order valence-electron chi connectivity index (χ2n) is 7.06. The van der Waals surface area contributed by atoms with Gasteiger partial charge in [-0.2, -0.15) is 0 Å². The first-order chi connectivity index (χ1) is 13.5. The van der Waals surface area contributed by atoms with Crippen molar-refractivity contribution in [1.82, 2.24) is 10.2 Å². The SMILES string of the molecule is CCc1cc(=O)oc2cc(C)cc(OCC(=O)NCCCN3CCCC3=O)c12. The van der Waals surface area contributed by atoms with E-state index in [4.69, 9.17) is 9.15 Å². The number of fused-ring (bicyclic) bond motifs is 1. The molecule has 1 aromatic carbocycles. The predicted octanol–water partition coefficient (Wildman–Crippen LogP) is 2.17. The highest BCUT2D eigenvalue weighted by atomic mass is 16.5. The molecule has 2 amide bonds. The van der Waals surface area contributed by atoms with Crippen molar-refractivity contribution in [3.8, 4) is 5.75 Å². The van der Waals surface area contributed by atoms with E-state index >= 15 is 0 Å². The van der Waals surface area contributed by atoms with E-state index in [0.29, 0.717) is 37.3 Å². The van der Waals surface area contributed by atoms with Gasteiger partial charge in [-0.3, -0.25) is 9.59 Å². The number of likely N-dealkylation sites (tertiary alicyclic amines) is 1. The number of aryl methyl sites for hydroxylation is 2. The summed E-state index contributed by atoms with van der Waals surface area (Å²) in [7, 11) is 0. The molecule has 0 spiro atoms. The number of hydrogen-bond donors (Lipinski definition) is 1. The number of hydrogen-bond acceptors (Lipinski definition) is 5. The maximum absolute atomic E-state index is 12.1. The van der Waals surface area contributed by atoms with E-state index < -0.39 is 5.63 Å². The van der Waals surface area contributed by atoms with Crippen LogP contribution in [-0.4, -0.2) is 43.0 Å². The maximum atomic E-state index is 12.1. The molecule has 3 rings (SSSR count). The third kappa shape index (κ3) is 4.71. The molecule has 0 aliphatic carbocycles. The van der Waals surface area contributed by atoms with Crippen LogP contribution in [-0.2, 0) is 16.0 Å². The molecule has 1 fully saturated rings. The molecule has 1 aliphatic heterocycles. The largest absolute Gasteiger partial charge is 0.483 e. The van der Waals surface area contributed by atoms with Crippen LogP contribution in [0.1, 0.15) is 37.3 Å². The average molecular weight is 386 g/mol. The highest BCUT2D eigenvalue weighted by Crippen LogP contribution is 2.30. The van der Waals surface area contributed by atoms with Crippen LogP contribution in [0.2, 0.25) is 0 Å². The molecular weight excluding hydrogens is 360 g/mol. The normalized spacial score (nSPS) is 13.9. The van der Waals surface area contributed by atoms with Gasteiger partial charge < -0.3 is 19.4 Å². The monoisotopic (exact) mass is 386 g/mol. The lowest BCUT2D eigenvalue weighted by Gasteiger charge is -2.15. The summed E-state index contributed by atoms with van der Waals surface area (Å²) in [4.78, 5) is 37.2. The van der Waals surface area contributed by atoms with E-state index in [1.165, 1.54) is 6.07 Å². The topological polar surface area (TPSA) is 88.8 Å². The molecule has 28 heavy (non-hydrogen) atoms. The minimum absolute atomic E-state index is 0.122. The van der Waals surface area contributed by atoms with Gasteiger partial charge in [0.2, 0.25) is 5.91 Å². The van der Waals surface area contributed by atoms with Gasteiger partial charge in [-0.15, -0.1) is 0 Å². The summed E-state index contributed by atoms with van der Waals surface area (Å²) >= 11 is 0. The third-order valence-electron chi connectivity index (χ3n) is 4.87. The zero-order valence-corrected chi connectivity index (χ0v) is 16.4. The lowest BCUT2D eigenvalue weighted by atomic mass is 10.1. The Hall–Kier alpha value is -2.83. The lowest BCUT2D eigenvalue weighted by molar-refractivity contribution is -0.127. The number of benzene rings is 1. The van der Waals surface area contributed by atoms with Crippen LogP contribution >= 0.6 is 0 Å². The van der Waals surface area contributed by atoms with E-state index in [-0.39, 0.29) is 18.4 Å². The molecule has 2 aromatic rings. The van der Waals surface area contributed by atoms with Crippen LogP contribution in [0.3, 0.4) is 0 Å². The summed E-state index contributed by atoms with van der Waals surface area (Å²) in [6.07, 6.45) is 2.92. The second-order valence-corrected chi connectivity index (χ2v) is 7.06. The fourth-order valence-electron chi connectivity index (χ4n) is 3.50. The molecule has 1 aromatic heterocycles. The molecule has 0 radical (unpaired) electrons. The van der Waals surface area contributed by atoms with Crippen molar-refractivity contribution in [2.24, 2.45) is 0 Å². The van der Waals surface area contributed by atoms with Crippen LogP contribution in [0.4, 0.5) is 0 Å². The maximum Gasteiger partial charge on any atom is 0.336 e. The number of ether oxygens (including phenoxy) is 1. The van der Waals surface area contributed by atoms with Gasteiger partial charge in [0.25, 0.3) is 5.91 Å². The summed E-state index contributed by atoms with van der Waals surface area (Å²) in [5, 5.41) is 3.55. The number of nitrogens with one attached hydrogen (secondary N) is 1. The van der Waals surface area contributed by atoms with Gasteiger partial charge in [0.05, 0.1) is 5.39 Å². The number of rotatable bonds is 8. The Morgan fingerprint density at radius 2 is 2.11 bits per heavy atom. The highest BCUT2D eigenvalue weighted by molar-refractivity contribution is 5.88. The molecule has 150 valence electrons. The summed E-state index contributed by atoms with van der Waals surface area (Å²) in [6.45, 7) is 5.69. The van der Waals surface area contributed by atoms with E-state index in [9.17, 15) is 14.4 Å². The average Bonchev–Trinajstić information content (AvgIpc) is 3.06. The lowest BCUT2D eigenvalue weighted by Crippen LogP contribution is -2.33. The van der Waals surface area contributed by atoms with E-state index in [0.717, 1.165) is 35.9 Å². The molecule has 0 atom stereocenters. The molecule has 0 bridgehead atoms. The zero-order valence-electron chi connectivity index (χ0n) is 16.4. The van der Waals surface area contributed by atoms with Crippen LogP contribution < -0.4 is 15.7 Å². The quantitative estimate of drug-likeness (QED) is 0.555. The number of nitrogens with zero attached hydrogens (tertiary/aromatic N) is 1. The molecule has 1 aliphatic rings. The first-order valence-corrected chi connectivity index (χ1v) is 9.72. The number of carbonyl (C=O) groups is 2. The molecular formula is C21H26N2O5. The van der Waals surface area contributed by atoms with Crippen LogP contribution in [0.15, 0.2) is 27.4 Å². The minimum atomic E-state index is -0.393. The predicted molar refractivity (Wildman–Crippen MR) is 106 cm³/mol. The number of carbonyl (C=O) groups excluding carboxylic acids is 2. The first-order valence-electron chi connectivity index (χ1n) is 9.72. The van der Waals surface area contributed by atoms with Gasteiger partial charge in [0.15, 0.2) is 6.61 Å². The Morgan fingerprint density at radius 1 is 1.29 bits per heavy atom. The van der Waals surface area contributed by atoms with Gasteiger partial charge >= 0.3 is 5.63 Å². The standard InChI is InChI=1S/C21H26N2O5/c1-3-15-12-20(26)28-17-11-14(2)10-16(21(15)17)27-13-18(24)22-7-5-9-23-8-4-6-19(23)25/h10-12H,3-9,13H2,1-2H3,(H,22,24). The van der Waals surface area contributed by atoms with E-state index in [1.54, 1.807) is 6.07 Å². The van der Waals surface area contributed by atoms with E-state index in [2.05, 4.69) is 5.32 Å². The van der Waals surface area contributed by atoms with Crippen LogP contribution in [0, 0.1) is 6.92 Å². The smallest absolute Gasteiger partial charge is 0.336 e. The van der Waals surface area contributed by atoms with Crippen LogP contribution in [0.25, 0.3) is 11.0 Å². The van der Waals surface area contributed by atoms with Crippen LogP contribution in [0.5, 0.6) is 5.75 Å². The fraction of sp³-hybridized carbons (Fsp3) is 0.476. The molecule has 7 heteroatoms. The number of amides is 2. The Kier molecular flexibility index (Phi) is 6.34. The van der Waals surface area contributed by atoms with Gasteiger partial charge in [-0.1, -0.05) is 6.92 Å². The Labute approximate surface area is 163 Å². The fourth-order valence-corrected chi connectivity index (χ4v) is 3.50. The molecule has 0 unspecified atom stereocenters. The van der Waals surface area contributed by atoms with Gasteiger partial charge in [0.1, 0.15) is 11.3 Å². The summed E-state index contributed by atoms with van der Waals surface area (Å²) < 4.78 is 11.1. The first kappa shape index (κ1) is 19.9. The Balaban J connectivity index is 1.57. The van der Waals surface area contributed by atoms with Crippen molar-refractivity contribution in [3.05, 3.63) is 39.7 Å². The zero-order chi connectivity index (χ0) is 20.1. The molecule has 1 saturated heterocycles. The molecule has 1 N–H and O–H groups in total. The van der Waals surface area contributed by atoms with Gasteiger partial charge in [0, 0.05) is 32.1 Å². The van der Waals surface area contributed by atoms with Gasteiger partial charge in [-0.25, -0.2) is 4.79 Å². The van der Waals surface area contributed by atoms with Crippen molar-refractivity contribution in [3.63, 3.8) is 0 Å². The molecule has 2 heterocycles. The Morgan fingerprint density at radius 3 is 2.82 bits per heavy atom. The van der Waals surface area contributed by atoms with Crippen molar-refractivity contribution in [1.29, 1.82) is 0 Å². The summed E-state index contributed by atoms with van der Waals surface area (Å²) in [5.74, 6) is 0.505. The van der Waals surface area contributed by atoms with Crippen molar-refractivity contribution < 1.29 is 18.7 Å². The summed E-state index contributed by atoms with van der Waals surface area (Å²) in [5.41, 5.74) is 1.79. The Bertz CT molecular complexity index is 934. The van der Waals surface area contributed by atoms with Gasteiger partial charge in [-0.05, 0) is 49.4 Å². The summed E-state index contributed by atoms with van der Waals surface area (Å²) in [6, 6.07) is 5.10. The minimum Gasteiger partial charge on any atom is -0.483 e. The van der Waals surface area contributed by atoms with E-state index in [1.807, 2.05) is 24.8 Å². The molecule has 0 saturated carbocycles. The highest BCUT2D eigenvalue weighted by Gasteiger charge is 2.19. The molecule has 7 nitrogen and oxygen atoms in total. The van der Waals surface area contributed by atoms with Crippen molar-refractivity contribution in [2.45, 2.75) is 39.5 Å². The van der Waals surface area contributed by atoms with Crippen molar-refractivity contribution >= 4 is 22.8 Å². The van der Waals surface area contributed by atoms with Crippen molar-refractivity contribution in [2.75, 3.05) is 26.2 Å².